The molecule has 2 heterocycles. The molecular weight excluding hydrogens is 198 g/mol. The normalized spacial score (nSPS) is 20.0. The third kappa shape index (κ3) is 2.73. The fourth-order valence-electron chi connectivity index (χ4n) is 2.21. The summed E-state index contributed by atoms with van der Waals surface area (Å²) in [4.78, 5) is 6.84. The van der Waals surface area contributed by atoms with Crippen molar-refractivity contribution in [2.45, 2.75) is 32.7 Å². The number of rotatable bonds is 4. The third-order valence-corrected chi connectivity index (χ3v) is 3.20. The highest BCUT2D eigenvalue weighted by atomic mass is 15.2. The first kappa shape index (κ1) is 11.4. The Morgan fingerprint density at radius 1 is 1.50 bits per heavy atom. The van der Waals surface area contributed by atoms with Gasteiger partial charge in [0.2, 0.25) is 0 Å². The molecule has 3 nitrogen and oxygen atoms in total. The maximum Gasteiger partial charge on any atom is 0.128 e. The van der Waals surface area contributed by atoms with Gasteiger partial charge in [-0.25, -0.2) is 4.98 Å². The molecule has 1 aromatic heterocycles. The summed E-state index contributed by atoms with van der Waals surface area (Å²) in [6.45, 7) is 7.53. The Balaban J connectivity index is 2.00. The Morgan fingerprint density at radius 3 is 2.94 bits per heavy atom. The van der Waals surface area contributed by atoms with Crippen LogP contribution in [0.25, 0.3) is 0 Å². The fourth-order valence-corrected chi connectivity index (χ4v) is 2.21. The molecular formula is C13H21N3. The molecule has 1 atom stereocenters. The summed E-state index contributed by atoms with van der Waals surface area (Å²) in [6.07, 6.45) is 4.55. The van der Waals surface area contributed by atoms with Gasteiger partial charge in [0.15, 0.2) is 0 Å². The standard InChI is InChI=1S/C13H21N3/c1-3-16(10-12-5-4-8-14-12)13-7-6-11(2)9-15-13/h6-7,9,12,14H,3-5,8,10H2,1-2H3. The molecule has 16 heavy (non-hydrogen) atoms. The van der Waals surface area contributed by atoms with Crippen LogP contribution >= 0.6 is 0 Å². The molecule has 0 aromatic carbocycles. The van der Waals surface area contributed by atoms with Crippen LogP contribution in [0.3, 0.4) is 0 Å². The number of aromatic nitrogens is 1. The second kappa shape index (κ2) is 5.30. The molecule has 0 aliphatic carbocycles. The predicted molar refractivity (Wildman–Crippen MR) is 67.9 cm³/mol. The van der Waals surface area contributed by atoms with E-state index in [0.29, 0.717) is 6.04 Å². The van der Waals surface area contributed by atoms with Crippen LogP contribution in [-0.4, -0.2) is 30.7 Å². The molecule has 1 aliphatic heterocycles. The van der Waals surface area contributed by atoms with E-state index >= 15 is 0 Å². The van der Waals surface area contributed by atoms with Gasteiger partial charge in [-0.15, -0.1) is 0 Å². The van der Waals surface area contributed by atoms with Gasteiger partial charge in [0, 0.05) is 25.3 Å². The van der Waals surface area contributed by atoms with Gasteiger partial charge in [0.1, 0.15) is 5.82 Å². The van der Waals surface area contributed by atoms with Crippen molar-refractivity contribution in [1.29, 1.82) is 0 Å². The van der Waals surface area contributed by atoms with Crippen molar-refractivity contribution in [1.82, 2.24) is 10.3 Å². The molecule has 0 bridgehead atoms. The minimum absolute atomic E-state index is 0.642. The lowest BCUT2D eigenvalue weighted by atomic mass is 10.2. The number of hydrogen-bond acceptors (Lipinski definition) is 3. The van der Waals surface area contributed by atoms with Crippen molar-refractivity contribution in [3.8, 4) is 0 Å². The Bertz CT molecular complexity index is 314. The first-order chi connectivity index (χ1) is 7.79. The largest absolute Gasteiger partial charge is 0.355 e. The molecule has 0 radical (unpaired) electrons. The van der Waals surface area contributed by atoms with Crippen LogP contribution in [0.1, 0.15) is 25.3 Å². The van der Waals surface area contributed by atoms with Crippen LogP contribution in [0, 0.1) is 6.92 Å². The van der Waals surface area contributed by atoms with Gasteiger partial charge >= 0.3 is 0 Å². The molecule has 88 valence electrons. The summed E-state index contributed by atoms with van der Waals surface area (Å²) in [5.74, 6) is 1.10. The Morgan fingerprint density at radius 2 is 2.38 bits per heavy atom. The first-order valence-electron chi connectivity index (χ1n) is 6.20. The zero-order valence-electron chi connectivity index (χ0n) is 10.2. The van der Waals surface area contributed by atoms with E-state index in [-0.39, 0.29) is 0 Å². The monoisotopic (exact) mass is 219 g/mol. The number of nitrogens with one attached hydrogen (secondary N) is 1. The SMILES string of the molecule is CCN(CC1CCCN1)c1ccc(C)cn1. The summed E-state index contributed by atoms with van der Waals surface area (Å²) < 4.78 is 0. The molecule has 1 aliphatic rings. The van der Waals surface area contributed by atoms with Gasteiger partial charge in [0.25, 0.3) is 0 Å². The van der Waals surface area contributed by atoms with E-state index in [1.807, 2.05) is 6.20 Å². The highest BCUT2D eigenvalue weighted by Gasteiger charge is 2.17. The lowest BCUT2D eigenvalue weighted by molar-refractivity contribution is 0.584. The lowest BCUT2D eigenvalue weighted by Crippen LogP contribution is -2.37. The van der Waals surface area contributed by atoms with Crippen molar-refractivity contribution in [3.63, 3.8) is 0 Å². The van der Waals surface area contributed by atoms with Crippen LogP contribution < -0.4 is 10.2 Å². The number of anilines is 1. The summed E-state index contributed by atoms with van der Waals surface area (Å²) in [6, 6.07) is 4.89. The van der Waals surface area contributed by atoms with E-state index in [9.17, 15) is 0 Å². The van der Waals surface area contributed by atoms with Crippen molar-refractivity contribution in [2.75, 3.05) is 24.5 Å². The molecule has 1 saturated heterocycles. The summed E-state index contributed by atoms with van der Waals surface area (Å²) in [5.41, 5.74) is 1.22. The quantitative estimate of drug-likeness (QED) is 0.839. The molecule has 1 fully saturated rings. The predicted octanol–water partition coefficient (Wildman–Crippen LogP) is 1.97. The van der Waals surface area contributed by atoms with Crippen LogP contribution in [0.15, 0.2) is 18.3 Å². The minimum Gasteiger partial charge on any atom is -0.355 e. The molecule has 3 heteroatoms. The topological polar surface area (TPSA) is 28.2 Å². The van der Waals surface area contributed by atoms with E-state index in [4.69, 9.17) is 0 Å². The molecule has 0 spiro atoms. The van der Waals surface area contributed by atoms with Gasteiger partial charge in [-0.3, -0.25) is 0 Å². The van der Waals surface area contributed by atoms with Crippen LogP contribution in [-0.2, 0) is 0 Å². The summed E-state index contributed by atoms with van der Waals surface area (Å²) in [5, 5.41) is 3.53. The maximum absolute atomic E-state index is 4.49. The second-order valence-corrected chi connectivity index (χ2v) is 4.53. The van der Waals surface area contributed by atoms with Gasteiger partial charge in [-0.05, 0) is 44.9 Å². The number of pyridine rings is 1. The number of likely N-dealkylation sites (N-methyl/N-ethyl adjacent to an activating group) is 1. The van der Waals surface area contributed by atoms with E-state index in [2.05, 4.69) is 41.2 Å². The lowest BCUT2D eigenvalue weighted by Gasteiger charge is -2.25. The Labute approximate surface area is 97.9 Å². The van der Waals surface area contributed by atoms with E-state index in [1.165, 1.54) is 24.9 Å². The molecule has 0 saturated carbocycles. The second-order valence-electron chi connectivity index (χ2n) is 4.53. The van der Waals surface area contributed by atoms with Crippen LogP contribution in [0.4, 0.5) is 5.82 Å². The number of nitrogens with zero attached hydrogens (tertiary/aromatic N) is 2. The molecule has 1 N–H and O–H groups in total. The van der Waals surface area contributed by atoms with Gasteiger partial charge < -0.3 is 10.2 Å². The highest BCUT2D eigenvalue weighted by Crippen LogP contribution is 2.14. The average molecular weight is 219 g/mol. The molecule has 0 amide bonds. The van der Waals surface area contributed by atoms with Gasteiger partial charge in [-0.1, -0.05) is 6.07 Å². The van der Waals surface area contributed by atoms with Gasteiger partial charge in [0.05, 0.1) is 0 Å². The van der Waals surface area contributed by atoms with Crippen molar-refractivity contribution in [2.24, 2.45) is 0 Å². The zero-order valence-corrected chi connectivity index (χ0v) is 10.2. The van der Waals surface area contributed by atoms with E-state index < -0.39 is 0 Å². The molecule has 1 aromatic rings. The van der Waals surface area contributed by atoms with E-state index in [1.54, 1.807) is 0 Å². The summed E-state index contributed by atoms with van der Waals surface area (Å²) >= 11 is 0. The highest BCUT2D eigenvalue weighted by molar-refractivity contribution is 5.39. The van der Waals surface area contributed by atoms with Crippen molar-refractivity contribution in [3.05, 3.63) is 23.9 Å². The maximum atomic E-state index is 4.49. The minimum atomic E-state index is 0.642. The number of aryl methyl sites for hydroxylation is 1. The van der Waals surface area contributed by atoms with E-state index in [0.717, 1.165) is 18.9 Å². The van der Waals surface area contributed by atoms with Gasteiger partial charge in [-0.2, -0.15) is 0 Å². The zero-order chi connectivity index (χ0) is 11.4. The molecule has 2 rings (SSSR count). The average Bonchev–Trinajstić information content (AvgIpc) is 2.80. The summed E-state index contributed by atoms with van der Waals surface area (Å²) in [7, 11) is 0. The first-order valence-corrected chi connectivity index (χ1v) is 6.20. The molecule has 1 unspecified atom stereocenters. The Kier molecular flexibility index (Phi) is 3.78. The Hall–Kier alpha value is -1.09. The third-order valence-electron chi connectivity index (χ3n) is 3.20. The van der Waals surface area contributed by atoms with Crippen LogP contribution in [0.2, 0.25) is 0 Å². The fraction of sp³-hybridized carbons (Fsp3) is 0.615. The number of hydrogen-bond donors (Lipinski definition) is 1. The van der Waals surface area contributed by atoms with Crippen molar-refractivity contribution >= 4 is 5.82 Å². The van der Waals surface area contributed by atoms with Crippen LogP contribution in [0.5, 0.6) is 0 Å². The smallest absolute Gasteiger partial charge is 0.128 e. The van der Waals surface area contributed by atoms with Crippen molar-refractivity contribution < 1.29 is 0 Å².